The van der Waals surface area contributed by atoms with Crippen LogP contribution in [-0.4, -0.2) is 22.6 Å². The minimum atomic E-state index is -0.981. The van der Waals surface area contributed by atoms with Gasteiger partial charge in [0, 0.05) is 9.15 Å². The summed E-state index contributed by atoms with van der Waals surface area (Å²) in [6.45, 7) is 6.72. The summed E-state index contributed by atoms with van der Waals surface area (Å²) in [5.74, 6) is -2.14. The lowest BCUT2D eigenvalue weighted by Crippen LogP contribution is -2.26. The first-order valence-electron chi connectivity index (χ1n) is 4.31. The van der Waals surface area contributed by atoms with E-state index in [4.69, 9.17) is 19.0 Å². The first-order valence-corrected chi connectivity index (χ1v) is 4.31. The molecule has 4 nitrogen and oxygen atoms in total. The molecule has 0 amide bonds. The van der Waals surface area contributed by atoms with Gasteiger partial charge in [0.2, 0.25) is 0 Å². The first kappa shape index (κ1) is 20.2. The highest BCUT2D eigenvalue weighted by molar-refractivity contribution is 5.78. The zero-order valence-electron chi connectivity index (χ0n) is 9.62. The lowest BCUT2D eigenvalue weighted by atomic mass is 10.1. The van der Waals surface area contributed by atoms with Crippen LogP contribution < -0.4 is 0 Å². The summed E-state index contributed by atoms with van der Waals surface area (Å²) in [4.78, 5) is 21.5. The van der Waals surface area contributed by atoms with E-state index in [1.54, 1.807) is 20.8 Å². The van der Waals surface area contributed by atoms with Gasteiger partial charge in [0.05, 0.1) is 12.3 Å². The molecule has 16 heavy (non-hydrogen) atoms. The van der Waals surface area contributed by atoms with Crippen molar-refractivity contribution in [3.63, 3.8) is 0 Å². The van der Waals surface area contributed by atoms with Gasteiger partial charge in [0.25, 0.3) is 0 Å². The lowest BCUT2D eigenvalue weighted by Gasteiger charge is -2.20. The van der Waals surface area contributed by atoms with Crippen LogP contribution >= 0.6 is 0 Å². The maximum atomic E-state index is 11.1. The molecule has 0 aliphatic rings. The number of carbonyl (C=O) groups excluding carboxylic acids is 1. The fraction of sp³-hybridized carbons (Fsp3) is 0.778. The van der Waals surface area contributed by atoms with E-state index >= 15 is 0 Å². The number of aliphatic carboxylic acids is 1. The topological polar surface area (TPSA) is 63.6 Å². The van der Waals surface area contributed by atoms with Crippen LogP contribution in [0.4, 0.5) is 13.9 Å². The summed E-state index contributed by atoms with van der Waals surface area (Å²) in [7, 11) is 0. The molecule has 0 bridgehead atoms. The van der Waals surface area contributed by atoms with Gasteiger partial charge in [-0.1, -0.05) is 6.92 Å². The summed E-state index contributed by atoms with van der Waals surface area (Å²) in [6, 6.07) is 0. The molecule has 0 aromatic rings. The minimum Gasteiger partial charge on any atom is -0.481 e. The molecule has 98 valence electrons. The number of ether oxygens (including phenoxy) is 1. The molecule has 0 fully saturated rings. The number of rotatable bonds is 3. The second kappa shape index (κ2) is 8.99. The normalized spacial score (nSPS) is 11.4. The summed E-state index contributed by atoms with van der Waals surface area (Å²) < 4.78 is 21.0. The highest BCUT2D eigenvalue weighted by Crippen LogP contribution is 2.11. The van der Waals surface area contributed by atoms with Crippen molar-refractivity contribution in [2.75, 3.05) is 0 Å². The molecule has 0 saturated heterocycles. The molecule has 0 rings (SSSR count). The van der Waals surface area contributed by atoms with Crippen molar-refractivity contribution in [2.24, 2.45) is 5.92 Å². The van der Waals surface area contributed by atoms with Crippen LogP contribution in [0.15, 0.2) is 0 Å². The molecule has 0 aromatic heterocycles. The van der Waals surface area contributed by atoms with Gasteiger partial charge >= 0.3 is 11.9 Å². The average Bonchev–Trinajstić information content (AvgIpc) is 2.03. The number of hydrogen-bond acceptors (Lipinski definition) is 3. The zero-order chi connectivity index (χ0) is 12.6. The van der Waals surface area contributed by atoms with Gasteiger partial charge in [0.15, 0.2) is 0 Å². The van der Waals surface area contributed by atoms with E-state index in [0.29, 0.717) is 0 Å². The maximum Gasteiger partial charge on any atom is 0.307 e. The van der Waals surface area contributed by atoms with Gasteiger partial charge in [-0.2, -0.15) is 0 Å². The van der Waals surface area contributed by atoms with E-state index in [9.17, 15) is 9.59 Å². The highest BCUT2D eigenvalue weighted by atomic mass is 20.0. The van der Waals surface area contributed by atoms with Crippen LogP contribution in [0.3, 0.4) is 0 Å². The molecule has 0 radical (unpaired) electrons. The Morgan fingerprint density at radius 3 is 1.94 bits per heavy atom. The third-order valence-corrected chi connectivity index (χ3v) is 1.31. The second-order valence-corrected chi connectivity index (χ2v) is 4.03. The Labute approximate surface area is 91.8 Å². The summed E-state index contributed by atoms with van der Waals surface area (Å²) in [5.41, 5.74) is -0.546. The molecule has 1 N–H and O–H groups in total. The van der Waals surface area contributed by atoms with Crippen LogP contribution in [0.5, 0.6) is 0 Å². The standard InChI is InChI=1S/C9H16O4.F2.FH/c1-6(8(11)12)5-7(10)13-9(2,3)4;1-2;/h6H,5H2,1-4H3,(H,11,12);;1H/t6-;;/m0../s1. The molecular weight excluding hydrogens is 229 g/mol. The van der Waals surface area contributed by atoms with E-state index in [0.717, 1.165) is 0 Å². The predicted molar refractivity (Wildman–Crippen MR) is 52.0 cm³/mol. The van der Waals surface area contributed by atoms with E-state index in [2.05, 4.69) is 0 Å². The van der Waals surface area contributed by atoms with Gasteiger partial charge in [-0.3, -0.25) is 14.3 Å². The molecule has 7 heteroatoms. The SMILES string of the molecule is C[C@@H](CC(=O)OC(C)(C)C)C(=O)O.F.FF. The number of esters is 1. The lowest BCUT2D eigenvalue weighted by molar-refractivity contribution is -0.159. The van der Waals surface area contributed by atoms with Gasteiger partial charge in [-0.15, -0.1) is 0 Å². The maximum absolute atomic E-state index is 11.1. The summed E-state index contributed by atoms with van der Waals surface area (Å²) in [5, 5.41) is 8.52. The molecule has 0 aromatic carbocycles. The van der Waals surface area contributed by atoms with Crippen molar-refractivity contribution in [3.05, 3.63) is 0 Å². The molecule has 0 aliphatic carbocycles. The Bertz CT molecular complexity index is 213. The van der Waals surface area contributed by atoms with E-state index < -0.39 is 23.5 Å². The minimum absolute atomic E-state index is 0. The van der Waals surface area contributed by atoms with Crippen LogP contribution in [-0.2, 0) is 14.3 Å². The quantitative estimate of drug-likeness (QED) is 0.777. The van der Waals surface area contributed by atoms with Crippen molar-refractivity contribution < 1.29 is 33.3 Å². The van der Waals surface area contributed by atoms with Gasteiger partial charge in [-0.05, 0) is 20.8 Å². The van der Waals surface area contributed by atoms with Crippen LogP contribution in [0.25, 0.3) is 0 Å². The number of carboxylic acids is 1. The number of hydrogen-bond donors (Lipinski definition) is 1. The molecule has 1 atom stereocenters. The van der Waals surface area contributed by atoms with Gasteiger partial charge in [0.1, 0.15) is 5.60 Å². The Morgan fingerprint density at radius 2 is 1.69 bits per heavy atom. The van der Waals surface area contributed by atoms with E-state index in [-0.39, 0.29) is 11.1 Å². The fourth-order valence-corrected chi connectivity index (χ4v) is 0.720. The first-order chi connectivity index (χ1) is 6.72. The Balaban J connectivity index is -0.000000529. The third kappa shape index (κ3) is 12.7. The monoisotopic (exact) mass is 246 g/mol. The van der Waals surface area contributed by atoms with Crippen LogP contribution in [0, 0.1) is 5.92 Å². The Kier molecular flexibility index (Phi) is 11.3. The summed E-state index contributed by atoms with van der Waals surface area (Å²) in [6.07, 6.45) is -0.0768. The Morgan fingerprint density at radius 1 is 1.31 bits per heavy atom. The molecule has 0 unspecified atom stereocenters. The van der Waals surface area contributed by atoms with E-state index in [1.807, 2.05) is 0 Å². The molecule has 0 saturated carbocycles. The zero-order valence-corrected chi connectivity index (χ0v) is 9.62. The molecule has 0 heterocycles. The fourth-order valence-electron chi connectivity index (χ4n) is 0.720. The van der Waals surface area contributed by atoms with Crippen molar-refractivity contribution in [1.29, 1.82) is 0 Å². The van der Waals surface area contributed by atoms with Gasteiger partial charge < -0.3 is 9.84 Å². The second-order valence-electron chi connectivity index (χ2n) is 4.03. The number of halogens is 3. The summed E-state index contributed by atoms with van der Waals surface area (Å²) >= 11 is 0. The van der Waals surface area contributed by atoms with E-state index in [1.165, 1.54) is 6.92 Å². The predicted octanol–water partition coefficient (Wildman–Crippen LogP) is 2.43. The van der Waals surface area contributed by atoms with Gasteiger partial charge in [-0.25, -0.2) is 0 Å². The van der Waals surface area contributed by atoms with Crippen molar-refractivity contribution in [2.45, 2.75) is 39.7 Å². The van der Waals surface area contributed by atoms with Crippen LogP contribution in [0.1, 0.15) is 34.1 Å². The van der Waals surface area contributed by atoms with Crippen molar-refractivity contribution in [1.82, 2.24) is 0 Å². The molecule has 0 aliphatic heterocycles. The highest BCUT2D eigenvalue weighted by Gasteiger charge is 2.21. The van der Waals surface area contributed by atoms with Crippen LogP contribution in [0.2, 0.25) is 0 Å². The smallest absolute Gasteiger partial charge is 0.307 e. The number of carboxylic acid groups (broad SMARTS) is 1. The van der Waals surface area contributed by atoms with Crippen molar-refractivity contribution in [3.8, 4) is 0 Å². The molecular formula is C9H17F3O4. The molecule has 0 spiro atoms. The average molecular weight is 246 g/mol. The largest absolute Gasteiger partial charge is 0.481 e. The third-order valence-electron chi connectivity index (χ3n) is 1.31. The Hall–Kier alpha value is -1.27. The van der Waals surface area contributed by atoms with Crippen molar-refractivity contribution >= 4 is 11.9 Å². The number of carbonyl (C=O) groups is 2.